The van der Waals surface area contributed by atoms with Gasteiger partial charge in [0.15, 0.2) is 0 Å². The fourth-order valence-electron chi connectivity index (χ4n) is 0.612. The smallest absolute Gasteiger partial charge is 0.00597 e. The molecule has 0 saturated heterocycles. The summed E-state index contributed by atoms with van der Waals surface area (Å²) < 4.78 is 0. The van der Waals surface area contributed by atoms with E-state index in [0.717, 1.165) is 6.42 Å². The van der Waals surface area contributed by atoms with Crippen molar-refractivity contribution in [3.05, 3.63) is 6.92 Å². The maximum Gasteiger partial charge on any atom is -0.00597 e. The van der Waals surface area contributed by atoms with Gasteiger partial charge in [-0.1, -0.05) is 13.8 Å². The Morgan fingerprint density at radius 3 is 2.40 bits per heavy atom. The number of thioether (sulfide) groups is 2. The Kier molecular flexibility index (Phi) is 10.4. The van der Waals surface area contributed by atoms with Crippen LogP contribution >= 0.6 is 23.5 Å². The van der Waals surface area contributed by atoms with Crippen LogP contribution in [0.5, 0.6) is 0 Å². The summed E-state index contributed by atoms with van der Waals surface area (Å²) in [6, 6.07) is 0. The molecule has 0 bridgehead atoms. The molecule has 0 aliphatic rings. The summed E-state index contributed by atoms with van der Waals surface area (Å²) in [6.45, 7) is 6.01. The molecule has 0 aromatic carbocycles. The van der Waals surface area contributed by atoms with Crippen LogP contribution in [0, 0.1) is 6.92 Å². The minimum Gasteiger partial charge on any atom is -0.162 e. The van der Waals surface area contributed by atoms with E-state index in [0.29, 0.717) is 0 Å². The molecule has 0 unspecified atom stereocenters. The third kappa shape index (κ3) is 8.70. The maximum atomic E-state index is 3.79. The van der Waals surface area contributed by atoms with E-state index in [9.17, 15) is 0 Å². The Morgan fingerprint density at radius 2 is 1.80 bits per heavy atom. The first-order chi connectivity index (χ1) is 4.91. The summed E-state index contributed by atoms with van der Waals surface area (Å²) >= 11 is 4.07. The van der Waals surface area contributed by atoms with Gasteiger partial charge in [0.2, 0.25) is 0 Å². The average molecular weight is 177 g/mol. The Labute approximate surface area is 73.5 Å². The highest BCUT2D eigenvalue weighted by molar-refractivity contribution is 8.00. The molecule has 0 aromatic heterocycles. The molecule has 2 heteroatoms. The molecular weight excluding hydrogens is 160 g/mol. The van der Waals surface area contributed by atoms with Crippen LogP contribution in [0.15, 0.2) is 0 Å². The number of rotatable bonds is 7. The lowest BCUT2D eigenvalue weighted by Crippen LogP contribution is -1.85. The third-order valence-electron chi connectivity index (χ3n) is 1.07. The van der Waals surface area contributed by atoms with Crippen molar-refractivity contribution < 1.29 is 0 Å². The summed E-state index contributed by atoms with van der Waals surface area (Å²) in [5.41, 5.74) is 0. The summed E-state index contributed by atoms with van der Waals surface area (Å²) in [7, 11) is 0. The van der Waals surface area contributed by atoms with Crippen LogP contribution in [-0.4, -0.2) is 23.0 Å². The summed E-state index contributed by atoms with van der Waals surface area (Å²) in [6.07, 6.45) is 2.44. The zero-order chi connectivity index (χ0) is 7.66. The van der Waals surface area contributed by atoms with Gasteiger partial charge in [-0.25, -0.2) is 0 Å². The van der Waals surface area contributed by atoms with Gasteiger partial charge >= 0.3 is 0 Å². The highest BCUT2D eigenvalue weighted by atomic mass is 32.2. The second-order valence-corrected chi connectivity index (χ2v) is 4.63. The van der Waals surface area contributed by atoms with E-state index in [-0.39, 0.29) is 0 Å². The molecule has 0 fully saturated rings. The van der Waals surface area contributed by atoms with E-state index in [4.69, 9.17) is 0 Å². The molecule has 1 radical (unpaired) electrons. The van der Waals surface area contributed by atoms with E-state index >= 15 is 0 Å². The van der Waals surface area contributed by atoms with Crippen LogP contribution in [0.25, 0.3) is 0 Å². The minimum absolute atomic E-state index is 1.07. The van der Waals surface area contributed by atoms with Gasteiger partial charge in [0.25, 0.3) is 0 Å². The third-order valence-corrected chi connectivity index (χ3v) is 3.21. The van der Waals surface area contributed by atoms with Crippen LogP contribution in [0.2, 0.25) is 0 Å². The first-order valence-corrected chi connectivity index (χ1v) is 6.17. The molecule has 0 aliphatic heterocycles. The molecular formula is C8H17S2. The van der Waals surface area contributed by atoms with Crippen molar-refractivity contribution in [3.63, 3.8) is 0 Å². The second-order valence-electron chi connectivity index (χ2n) is 2.02. The van der Waals surface area contributed by atoms with Crippen molar-refractivity contribution in [2.75, 3.05) is 23.0 Å². The van der Waals surface area contributed by atoms with E-state index in [2.05, 4.69) is 13.8 Å². The molecule has 0 nitrogen and oxygen atoms in total. The molecule has 0 heterocycles. The van der Waals surface area contributed by atoms with Crippen LogP contribution < -0.4 is 0 Å². The van der Waals surface area contributed by atoms with Gasteiger partial charge in [0.1, 0.15) is 0 Å². The topological polar surface area (TPSA) is 0 Å². The van der Waals surface area contributed by atoms with Gasteiger partial charge in [-0.05, 0) is 35.9 Å². The van der Waals surface area contributed by atoms with Gasteiger partial charge in [0.05, 0.1) is 0 Å². The first kappa shape index (κ1) is 10.7. The lowest BCUT2D eigenvalue weighted by atomic mass is 10.6. The Hall–Kier alpha value is 0.700. The lowest BCUT2D eigenvalue weighted by Gasteiger charge is -1.97. The summed E-state index contributed by atoms with van der Waals surface area (Å²) in [5, 5.41) is 0. The summed E-state index contributed by atoms with van der Waals surface area (Å²) in [4.78, 5) is 0. The summed E-state index contributed by atoms with van der Waals surface area (Å²) in [5.74, 6) is 5.15. The Morgan fingerprint density at radius 1 is 1.10 bits per heavy atom. The van der Waals surface area contributed by atoms with Crippen molar-refractivity contribution in [3.8, 4) is 0 Å². The highest BCUT2D eigenvalue weighted by Gasteiger charge is 1.87. The van der Waals surface area contributed by atoms with E-state index in [1.807, 2.05) is 23.5 Å². The molecule has 0 amide bonds. The predicted octanol–water partition coefficient (Wildman–Crippen LogP) is 3.09. The lowest BCUT2D eigenvalue weighted by molar-refractivity contribution is 1.11. The van der Waals surface area contributed by atoms with Gasteiger partial charge in [-0.15, -0.1) is 0 Å². The molecule has 0 aliphatic carbocycles. The Balaban J connectivity index is 2.65. The maximum absolute atomic E-state index is 3.79. The Bertz CT molecular complexity index is 47.2. The number of hydrogen-bond acceptors (Lipinski definition) is 2. The van der Waals surface area contributed by atoms with Crippen LogP contribution in [-0.2, 0) is 0 Å². The van der Waals surface area contributed by atoms with E-state index < -0.39 is 0 Å². The molecule has 0 rings (SSSR count). The number of hydrogen-bond donors (Lipinski definition) is 0. The zero-order valence-corrected chi connectivity index (χ0v) is 8.40. The van der Waals surface area contributed by atoms with E-state index in [1.165, 1.54) is 29.4 Å². The monoisotopic (exact) mass is 177 g/mol. The average Bonchev–Trinajstić information content (AvgIpc) is 1.97. The molecule has 0 N–H and O–H groups in total. The van der Waals surface area contributed by atoms with Crippen LogP contribution in [0.4, 0.5) is 0 Å². The molecule has 0 saturated carbocycles. The minimum atomic E-state index is 1.07. The van der Waals surface area contributed by atoms with Gasteiger partial charge in [-0.2, -0.15) is 23.5 Å². The normalized spacial score (nSPS) is 10.2. The molecule has 0 atom stereocenters. The van der Waals surface area contributed by atoms with Gasteiger partial charge in [-0.3, -0.25) is 0 Å². The largest absolute Gasteiger partial charge is 0.162 e. The second kappa shape index (κ2) is 9.70. The molecule has 10 heavy (non-hydrogen) atoms. The fourth-order valence-corrected chi connectivity index (χ4v) is 2.19. The van der Waals surface area contributed by atoms with Crippen molar-refractivity contribution in [2.45, 2.75) is 19.8 Å². The predicted molar refractivity (Wildman–Crippen MR) is 54.9 cm³/mol. The zero-order valence-electron chi connectivity index (χ0n) is 6.77. The van der Waals surface area contributed by atoms with Crippen molar-refractivity contribution >= 4 is 23.5 Å². The van der Waals surface area contributed by atoms with Gasteiger partial charge in [0, 0.05) is 0 Å². The van der Waals surface area contributed by atoms with Crippen LogP contribution in [0.1, 0.15) is 19.8 Å². The highest BCUT2D eigenvalue weighted by Crippen LogP contribution is 2.07. The molecule has 0 aromatic rings. The first-order valence-electron chi connectivity index (χ1n) is 3.86. The van der Waals surface area contributed by atoms with Crippen molar-refractivity contribution in [1.82, 2.24) is 0 Å². The van der Waals surface area contributed by atoms with Crippen molar-refractivity contribution in [2.24, 2.45) is 0 Å². The van der Waals surface area contributed by atoms with Crippen molar-refractivity contribution in [1.29, 1.82) is 0 Å². The standard InChI is InChI=1S/C8H17S2/c1-3-6-10-8-5-7-9-4-2/h1,3-8H2,2H3. The van der Waals surface area contributed by atoms with E-state index in [1.54, 1.807) is 0 Å². The fraction of sp³-hybridized carbons (Fsp3) is 0.875. The molecule has 0 spiro atoms. The SMILES string of the molecule is [CH2]CCSCCCSCC. The van der Waals surface area contributed by atoms with Gasteiger partial charge < -0.3 is 0 Å². The quantitative estimate of drug-likeness (QED) is 0.548. The molecule has 61 valence electrons. The van der Waals surface area contributed by atoms with Crippen LogP contribution in [0.3, 0.4) is 0 Å².